The van der Waals surface area contributed by atoms with Crippen molar-refractivity contribution in [3.63, 3.8) is 0 Å². The summed E-state index contributed by atoms with van der Waals surface area (Å²) in [5.74, 6) is 1.98. The van der Waals surface area contributed by atoms with E-state index in [2.05, 4.69) is 63.7 Å². The Bertz CT molecular complexity index is 614. The van der Waals surface area contributed by atoms with Gasteiger partial charge >= 0.3 is 0 Å². The number of rotatable bonds is 3. The third-order valence-corrected chi connectivity index (χ3v) is 5.37. The Morgan fingerprint density at radius 3 is 2.32 bits per heavy atom. The Labute approximate surface area is 145 Å². The molecule has 0 unspecified atom stereocenters. The minimum atomic E-state index is 0.627. The van der Waals surface area contributed by atoms with Crippen LogP contribution in [0.1, 0.15) is 0 Å². The van der Waals surface area contributed by atoms with Crippen LogP contribution in [0.15, 0.2) is 48.2 Å². The van der Waals surface area contributed by atoms with Gasteiger partial charge in [-0.25, -0.2) is 0 Å². The van der Waals surface area contributed by atoms with Gasteiger partial charge in [0.15, 0.2) is 11.5 Å². The molecule has 100 valence electrons. The standard InChI is InChI=1S/C13H8Br4O2/c1-18-13-9(16)5-7(14)6-11(13)19-10-4-2-3-8(15)12(10)17/h2-6H,1H3. The summed E-state index contributed by atoms with van der Waals surface area (Å²) in [5, 5.41) is 0. The van der Waals surface area contributed by atoms with Crippen LogP contribution in [0.5, 0.6) is 17.2 Å². The van der Waals surface area contributed by atoms with Crippen LogP contribution in [-0.2, 0) is 0 Å². The predicted octanol–water partition coefficient (Wildman–Crippen LogP) is 6.54. The molecule has 0 radical (unpaired) electrons. The van der Waals surface area contributed by atoms with E-state index in [1.807, 2.05) is 30.3 Å². The van der Waals surface area contributed by atoms with Crippen molar-refractivity contribution in [2.24, 2.45) is 0 Å². The lowest BCUT2D eigenvalue weighted by Gasteiger charge is -2.14. The molecule has 0 spiro atoms. The second kappa shape index (κ2) is 6.61. The van der Waals surface area contributed by atoms with Crippen molar-refractivity contribution < 1.29 is 9.47 Å². The number of benzene rings is 2. The number of hydrogen-bond acceptors (Lipinski definition) is 2. The first-order chi connectivity index (χ1) is 9.02. The van der Waals surface area contributed by atoms with E-state index in [9.17, 15) is 0 Å². The third-order valence-electron chi connectivity index (χ3n) is 2.31. The lowest BCUT2D eigenvalue weighted by atomic mass is 10.3. The molecule has 0 aliphatic heterocycles. The lowest BCUT2D eigenvalue weighted by molar-refractivity contribution is 0.375. The maximum atomic E-state index is 5.91. The van der Waals surface area contributed by atoms with E-state index in [4.69, 9.17) is 9.47 Å². The van der Waals surface area contributed by atoms with Crippen LogP contribution < -0.4 is 9.47 Å². The van der Waals surface area contributed by atoms with Gasteiger partial charge in [-0.1, -0.05) is 22.0 Å². The molecule has 19 heavy (non-hydrogen) atoms. The molecule has 0 fully saturated rings. The molecule has 2 nitrogen and oxygen atoms in total. The summed E-state index contributed by atoms with van der Waals surface area (Å²) in [6, 6.07) is 9.48. The first-order valence-corrected chi connectivity index (χ1v) is 8.35. The molecule has 0 bridgehead atoms. The van der Waals surface area contributed by atoms with Crippen LogP contribution in [0.4, 0.5) is 0 Å². The van der Waals surface area contributed by atoms with Gasteiger partial charge in [0.05, 0.1) is 16.1 Å². The van der Waals surface area contributed by atoms with E-state index in [1.165, 1.54) is 0 Å². The summed E-state index contributed by atoms with van der Waals surface area (Å²) < 4.78 is 14.8. The number of halogens is 4. The van der Waals surface area contributed by atoms with Crippen molar-refractivity contribution in [1.29, 1.82) is 0 Å². The largest absolute Gasteiger partial charge is 0.492 e. The highest BCUT2D eigenvalue weighted by Gasteiger charge is 2.13. The third kappa shape index (κ3) is 3.54. The fourth-order valence-electron chi connectivity index (χ4n) is 1.49. The average molecular weight is 516 g/mol. The predicted molar refractivity (Wildman–Crippen MR) is 90.3 cm³/mol. The second-order valence-corrected chi connectivity index (χ2v) is 6.99. The van der Waals surface area contributed by atoms with Crippen molar-refractivity contribution in [1.82, 2.24) is 0 Å². The van der Waals surface area contributed by atoms with Gasteiger partial charge in [0.25, 0.3) is 0 Å². The van der Waals surface area contributed by atoms with E-state index in [1.54, 1.807) is 7.11 Å². The minimum Gasteiger partial charge on any atom is -0.492 e. The summed E-state index contributed by atoms with van der Waals surface area (Å²) in [5.41, 5.74) is 0. The molecule has 2 aromatic carbocycles. The molecule has 0 heterocycles. The van der Waals surface area contributed by atoms with Crippen LogP contribution >= 0.6 is 63.7 Å². The van der Waals surface area contributed by atoms with E-state index in [0.29, 0.717) is 17.2 Å². The van der Waals surface area contributed by atoms with E-state index >= 15 is 0 Å². The van der Waals surface area contributed by atoms with E-state index < -0.39 is 0 Å². The summed E-state index contributed by atoms with van der Waals surface area (Å²) in [4.78, 5) is 0. The number of hydrogen-bond donors (Lipinski definition) is 0. The van der Waals surface area contributed by atoms with Gasteiger partial charge < -0.3 is 9.47 Å². The average Bonchev–Trinajstić information content (AvgIpc) is 2.34. The van der Waals surface area contributed by atoms with Gasteiger partial charge in [0.1, 0.15) is 5.75 Å². The fraction of sp³-hybridized carbons (Fsp3) is 0.0769. The summed E-state index contributed by atoms with van der Waals surface area (Å²) in [7, 11) is 1.61. The molecule has 0 aliphatic rings. The molecular weight excluding hydrogens is 508 g/mol. The number of methoxy groups -OCH3 is 1. The molecule has 2 aromatic rings. The molecule has 0 saturated carbocycles. The molecule has 6 heteroatoms. The monoisotopic (exact) mass is 512 g/mol. The molecule has 0 amide bonds. The summed E-state index contributed by atoms with van der Waals surface area (Å²) in [6.45, 7) is 0. The van der Waals surface area contributed by atoms with Gasteiger partial charge in [-0.05, 0) is 72.1 Å². The molecule has 2 rings (SSSR count). The first kappa shape index (κ1) is 15.4. The topological polar surface area (TPSA) is 18.5 Å². The van der Waals surface area contributed by atoms with Gasteiger partial charge in [-0.3, -0.25) is 0 Å². The van der Waals surface area contributed by atoms with Crippen molar-refractivity contribution in [2.75, 3.05) is 7.11 Å². The van der Waals surface area contributed by atoms with Gasteiger partial charge in [0.2, 0.25) is 0 Å². The second-order valence-electron chi connectivity index (χ2n) is 3.57. The van der Waals surface area contributed by atoms with E-state index in [0.717, 1.165) is 17.9 Å². The minimum absolute atomic E-state index is 0.627. The van der Waals surface area contributed by atoms with Crippen molar-refractivity contribution in [2.45, 2.75) is 0 Å². The van der Waals surface area contributed by atoms with Crippen LogP contribution in [-0.4, -0.2) is 7.11 Å². The van der Waals surface area contributed by atoms with Gasteiger partial charge in [-0.15, -0.1) is 0 Å². The highest BCUT2D eigenvalue weighted by atomic mass is 79.9. The lowest BCUT2D eigenvalue weighted by Crippen LogP contribution is -1.92. The Morgan fingerprint density at radius 2 is 1.63 bits per heavy atom. The Kier molecular flexibility index (Phi) is 5.34. The van der Waals surface area contributed by atoms with Gasteiger partial charge in [-0.2, -0.15) is 0 Å². The smallest absolute Gasteiger partial charge is 0.175 e. The SMILES string of the molecule is COc1c(Br)cc(Br)cc1Oc1cccc(Br)c1Br. The molecule has 0 saturated heterocycles. The Morgan fingerprint density at radius 1 is 0.895 bits per heavy atom. The molecular formula is C13H8Br4O2. The normalized spacial score (nSPS) is 10.4. The maximum Gasteiger partial charge on any atom is 0.175 e. The van der Waals surface area contributed by atoms with Crippen LogP contribution in [0.3, 0.4) is 0 Å². The Hall–Kier alpha value is -0.0400. The zero-order chi connectivity index (χ0) is 14.0. The van der Waals surface area contributed by atoms with Crippen molar-refractivity contribution >= 4 is 63.7 Å². The maximum absolute atomic E-state index is 5.91. The zero-order valence-corrected chi connectivity index (χ0v) is 16.1. The number of ether oxygens (including phenoxy) is 2. The first-order valence-electron chi connectivity index (χ1n) is 5.18. The highest BCUT2D eigenvalue weighted by Crippen LogP contribution is 2.42. The van der Waals surface area contributed by atoms with Crippen molar-refractivity contribution in [3.8, 4) is 17.2 Å². The highest BCUT2D eigenvalue weighted by molar-refractivity contribution is 9.13. The van der Waals surface area contributed by atoms with Gasteiger partial charge in [0, 0.05) is 8.95 Å². The summed E-state index contributed by atoms with van der Waals surface area (Å²) >= 11 is 13.8. The van der Waals surface area contributed by atoms with Crippen LogP contribution in [0.2, 0.25) is 0 Å². The fourth-order valence-corrected chi connectivity index (χ4v) is 3.53. The quantitative estimate of drug-likeness (QED) is 0.462. The zero-order valence-electron chi connectivity index (χ0n) is 9.72. The molecule has 0 atom stereocenters. The summed E-state index contributed by atoms with van der Waals surface area (Å²) in [6.07, 6.45) is 0. The van der Waals surface area contributed by atoms with E-state index in [-0.39, 0.29) is 0 Å². The molecule has 0 aliphatic carbocycles. The molecule has 0 N–H and O–H groups in total. The van der Waals surface area contributed by atoms with Crippen molar-refractivity contribution in [3.05, 3.63) is 48.2 Å². The van der Waals surface area contributed by atoms with Crippen LogP contribution in [0.25, 0.3) is 0 Å². The Balaban J connectivity index is 2.46. The van der Waals surface area contributed by atoms with Crippen LogP contribution in [0, 0.1) is 0 Å². The molecule has 0 aromatic heterocycles.